The van der Waals surface area contributed by atoms with Gasteiger partial charge >= 0.3 is 5.97 Å². The van der Waals surface area contributed by atoms with E-state index in [2.05, 4.69) is 20.8 Å². The Morgan fingerprint density at radius 1 is 0.879 bits per heavy atom. The molecule has 33 heavy (non-hydrogen) atoms. The third-order valence-corrected chi connectivity index (χ3v) is 5.33. The molecule has 3 aromatic carbocycles. The van der Waals surface area contributed by atoms with Crippen molar-refractivity contribution >= 4 is 22.7 Å². The second-order valence-corrected chi connectivity index (χ2v) is 8.91. The number of esters is 1. The van der Waals surface area contributed by atoms with Crippen LogP contribution in [0.2, 0.25) is 0 Å². The van der Waals surface area contributed by atoms with Crippen LogP contribution in [-0.4, -0.2) is 18.4 Å². The number of Topliss-reactive ketones (excluding diaryl/α,β-unsaturated/α-hetero) is 1. The van der Waals surface area contributed by atoms with Crippen LogP contribution in [0.5, 0.6) is 5.75 Å². The van der Waals surface area contributed by atoms with E-state index in [1.807, 2.05) is 48.5 Å². The summed E-state index contributed by atoms with van der Waals surface area (Å²) in [7, 11) is 0. The van der Waals surface area contributed by atoms with Crippen LogP contribution in [0.25, 0.3) is 11.0 Å². The fraction of sp³-hybridized carbons (Fsp3) is 0.214. The number of rotatable bonds is 7. The van der Waals surface area contributed by atoms with E-state index in [4.69, 9.17) is 13.9 Å². The summed E-state index contributed by atoms with van der Waals surface area (Å²) in [4.78, 5) is 24.8. The topological polar surface area (TPSA) is 65.7 Å². The van der Waals surface area contributed by atoms with E-state index in [9.17, 15) is 9.59 Å². The van der Waals surface area contributed by atoms with E-state index < -0.39 is 5.97 Å². The van der Waals surface area contributed by atoms with E-state index in [1.54, 1.807) is 30.3 Å². The van der Waals surface area contributed by atoms with Crippen molar-refractivity contribution in [2.45, 2.75) is 32.8 Å². The lowest BCUT2D eigenvalue weighted by Gasteiger charge is -2.18. The molecular weight excluding hydrogens is 416 g/mol. The Morgan fingerprint density at radius 2 is 1.61 bits per heavy atom. The van der Waals surface area contributed by atoms with Gasteiger partial charge in [0.2, 0.25) is 5.78 Å². The van der Waals surface area contributed by atoms with Crippen LogP contribution in [0.3, 0.4) is 0 Å². The van der Waals surface area contributed by atoms with Crippen LogP contribution in [-0.2, 0) is 16.8 Å². The lowest BCUT2D eigenvalue weighted by molar-refractivity contribution is 0.0472. The van der Waals surface area contributed by atoms with Gasteiger partial charge in [-0.2, -0.15) is 0 Å². The van der Waals surface area contributed by atoms with E-state index in [0.717, 1.165) is 10.9 Å². The first-order valence-corrected chi connectivity index (χ1v) is 10.8. The first kappa shape index (κ1) is 22.3. The summed E-state index contributed by atoms with van der Waals surface area (Å²) in [5.41, 5.74) is 3.19. The number of hydrogen-bond donors (Lipinski definition) is 0. The highest BCUT2D eigenvalue weighted by Gasteiger charge is 2.17. The number of ketones is 1. The maximum absolute atomic E-state index is 12.6. The van der Waals surface area contributed by atoms with E-state index in [0.29, 0.717) is 16.9 Å². The third-order valence-electron chi connectivity index (χ3n) is 5.33. The summed E-state index contributed by atoms with van der Waals surface area (Å²) < 4.78 is 16.6. The first-order valence-electron chi connectivity index (χ1n) is 10.8. The monoisotopic (exact) mass is 442 g/mol. The molecule has 0 radical (unpaired) electrons. The molecule has 0 atom stereocenters. The summed E-state index contributed by atoms with van der Waals surface area (Å²) in [5.74, 6) is 0.0690. The predicted molar refractivity (Wildman–Crippen MR) is 127 cm³/mol. The van der Waals surface area contributed by atoms with Crippen molar-refractivity contribution in [1.82, 2.24) is 0 Å². The largest absolute Gasteiger partial charge is 0.485 e. The molecular formula is C28H26O5. The molecule has 0 saturated carbocycles. The average Bonchev–Trinajstić information content (AvgIpc) is 3.25. The van der Waals surface area contributed by atoms with Crippen LogP contribution in [0, 0.1) is 0 Å². The Kier molecular flexibility index (Phi) is 6.31. The van der Waals surface area contributed by atoms with Crippen LogP contribution < -0.4 is 4.74 Å². The fourth-order valence-corrected chi connectivity index (χ4v) is 3.36. The zero-order valence-electron chi connectivity index (χ0n) is 19.0. The van der Waals surface area contributed by atoms with Crippen LogP contribution in [0.4, 0.5) is 0 Å². The molecule has 168 valence electrons. The minimum Gasteiger partial charge on any atom is -0.485 e. The zero-order chi connectivity index (χ0) is 23.4. The van der Waals surface area contributed by atoms with Gasteiger partial charge in [0.1, 0.15) is 17.9 Å². The molecule has 0 aliphatic heterocycles. The predicted octanol–water partition coefficient (Wildman–Crippen LogP) is 6.35. The van der Waals surface area contributed by atoms with Crippen molar-refractivity contribution in [2.24, 2.45) is 0 Å². The van der Waals surface area contributed by atoms with Gasteiger partial charge in [-0.3, -0.25) is 4.79 Å². The highest BCUT2D eigenvalue weighted by atomic mass is 16.5. The van der Waals surface area contributed by atoms with E-state index >= 15 is 0 Å². The van der Waals surface area contributed by atoms with Crippen LogP contribution >= 0.6 is 0 Å². The molecule has 5 heteroatoms. The molecule has 4 rings (SSSR count). The number of carbonyl (C=O) groups is 2. The molecule has 1 heterocycles. The molecule has 1 aromatic heterocycles. The summed E-state index contributed by atoms with van der Waals surface area (Å²) >= 11 is 0. The van der Waals surface area contributed by atoms with Gasteiger partial charge in [0.05, 0.1) is 5.56 Å². The van der Waals surface area contributed by atoms with Gasteiger partial charge in [-0.15, -0.1) is 0 Å². The molecule has 0 bridgehead atoms. The lowest BCUT2D eigenvalue weighted by Crippen LogP contribution is -2.11. The quantitative estimate of drug-likeness (QED) is 0.246. The molecule has 5 nitrogen and oxygen atoms in total. The number of carbonyl (C=O) groups excluding carboxylic acids is 2. The number of fused-ring (bicyclic) bond motifs is 1. The highest BCUT2D eigenvalue weighted by molar-refractivity contribution is 5.98. The number of furan rings is 1. The van der Waals surface area contributed by atoms with Crippen molar-refractivity contribution < 1.29 is 23.5 Å². The fourth-order valence-electron chi connectivity index (χ4n) is 3.36. The first-order chi connectivity index (χ1) is 15.8. The smallest absolute Gasteiger partial charge is 0.338 e. The van der Waals surface area contributed by atoms with Crippen LogP contribution in [0.1, 0.15) is 52.8 Å². The van der Waals surface area contributed by atoms with Gasteiger partial charge < -0.3 is 13.9 Å². The van der Waals surface area contributed by atoms with Gasteiger partial charge in [-0.25, -0.2) is 4.79 Å². The molecule has 0 unspecified atom stereocenters. The third kappa shape index (κ3) is 5.50. The average molecular weight is 443 g/mol. The van der Waals surface area contributed by atoms with Gasteiger partial charge in [0.25, 0.3) is 0 Å². The molecule has 0 spiro atoms. The SMILES string of the molecule is CC(C)(C)c1ccc2oc(C(=O)COc3ccc(C(=O)OCc4ccccc4)cc3)cc2c1. The Bertz CT molecular complexity index is 1260. The van der Waals surface area contributed by atoms with E-state index in [1.165, 1.54) is 5.56 Å². The number of ether oxygens (including phenoxy) is 2. The Hall–Kier alpha value is -3.86. The lowest BCUT2D eigenvalue weighted by atomic mass is 9.86. The van der Waals surface area contributed by atoms with Crippen molar-refractivity contribution in [3.63, 3.8) is 0 Å². The van der Waals surface area contributed by atoms with Gasteiger partial charge in [-0.1, -0.05) is 57.2 Å². The second kappa shape index (κ2) is 9.33. The molecule has 0 saturated heterocycles. The normalized spacial score (nSPS) is 11.4. The van der Waals surface area contributed by atoms with E-state index in [-0.39, 0.29) is 30.2 Å². The Morgan fingerprint density at radius 3 is 2.30 bits per heavy atom. The van der Waals surface area contributed by atoms with Crippen molar-refractivity contribution in [1.29, 1.82) is 0 Å². The molecule has 4 aromatic rings. The molecule has 0 fully saturated rings. The summed E-state index contributed by atoms with van der Waals surface area (Å²) in [6.07, 6.45) is 0. The number of hydrogen-bond acceptors (Lipinski definition) is 5. The minimum atomic E-state index is -0.418. The molecule has 0 aliphatic carbocycles. The molecule has 0 N–H and O–H groups in total. The maximum Gasteiger partial charge on any atom is 0.338 e. The molecule has 0 amide bonds. The van der Waals surface area contributed by atoms with Crippen molar-refractivity contribution in [2.75, 3.05) is 6.61 Å². The minimum absolute atomic E-state index is 0.0128. The highest BCUT2D eigenvalue weighted by Crippen LogP contribution is 2.28. The molecule has 0 aliphatic rings. The Balaban J connectivity index is 1.34. The zero-order valence-corrected chi connectivity index (χ0v) is 19.0. The van der Waals surface area contributed by atoms with Crippen LogP contribution in [0.15, 0.2) is 83.3 Å². The summed E-state index contributed by atoms with van der Waals surface area (Å²) in [6, 6.07) is 23.7. The van der Waals surface area contributed by atoms with Crippen molar-refractivity contribution in [3.8, 4) is 5.75 Å². The standard InChI is InChI=1S/C28H26O5/c1-28(2,3)22-11-14-25-21(15-22)16-26(33-25)24(29)18-31-23-12-9-20(10-13-23)27(30)32-17-19-7-5-4-6-8-19/h4-16H,17-18H2,1-3H3. The van der Waals surface area contributed by atoms with Crippen molar-refractivity contribution in [3.05, 3.63) is 101 Å². The number of benzene rings is 3. The van der Waals surface area contributed by atoms with Gasteiger partial charge in [-0.05, 0) is 59.0 Å². The second-order valence-electron chi connectivity index (χ2n) is 8.91. The summed E-state index contributed by atoms with van der Waals surface area (Å²) in [6.45, 7) is 6.47. The van der Waals surface area contributed by atoms with Gasteiger partial charge in [0.15, 0.2) is 12.4 Å². The Labute approximate surface area is 192 Å². The summed E-state index contributed by atoms with van der Waals surface area (Å²) in [5, 5.41) is 0.893. The van der Waals surface area contributed by atoms with Gasteiger partial charge in [0, 0.05) is 5.39 Å². The maximum atomic E-state index is 12.6.